The highest BCUT2D eigenvalue weighted by Crippen LogP contribution is 2.41. The number of hydrogen-bond acceptors (Lipinski definition) is 3. The van der Waals surface area contributed by atoms with Crippen molar-refractivity contribution in [1.29, 1.82) is 0 Å². The number of nitrogens with zero attached hydrogens (tertiary/aromatic N) is 1. The van der Waals surface area contributed by atoms with E-state index in [0.717, 1.165) is 21.3 Å². The molecule has 126 valence electrons. The Morgan fingerprint density at radius 3 is 2.75 bits per heavy atom. The molecule has 2 atom stereocenters. The number of amides is 1. The number of thiophene rings is 1. The molecule has 3 rings (SSSR count). The number of halogens is 1. The van der Waals surface area contributed by atoms with Crippen molar-refractivity contribution in [2.45, 2.75) is 31.4 Å². The molecule has 3 nitrogen and oxygen atoms in total. The minimum absolute atomic E-state index is 0.0179. The van der Waals surface area contributed by atoms with E-state index in [1.807, 2.05) is 54.8 Å². The van der Waals surface area contributed by atoms with Crippen LogP contribution in [0.3, 0.4) is 0 Å². The van der Waals surface area contributed by atoms with Gasteiger partial charge < -0.3 is 9.64 Å². The van der Waals surface area contributed by atoms with E-state index >= 15 is 0 Å². The average molecular weight is 406 g/mol. The molecule has 5 heteroatoms. The van der Waals surface area contributed by atoms with Crippen LogP contribution in [0.5, 0.6) is 0 Å². The first-order chi connectivity index (χ1) is 11.6. The van der Waals surface area contributed by atoms with Gasteiger partial charge in [-0.15, -0.1) is 17.9 Å². The zero-order valence-electron chi connectivity index (χ0n) is 13.6. The van der Waals surface area contributed by atoms with E-state index in [0.29, 0.717) is 13.0 Å². The van der Waals surface area contributed by atoms with Gasteiger partial charge in [-0.1, -0.05) is 40.2 Å². The lowest BCUT2D eigenvalue weighted by Gasteiger charge is -2.42. The fourth-order valence-electron chi connectivity index (χ4n) is 3.13. The predicted molar refractivity (Wildman–Crippen MR) is 101 cm³/mol. The van der Waals surface area contributed by atoms with Crippen LogP contribution in [-0.2, 0) is 10.3 Å². The Labute approximate surface area is 155 Å². The van der Waals surface area contributed by atoms with Crippen LogP contribution >= 0.6 is 27.3 Å². The fourth-order valence-corrected chi connectivity index (χ4v) is 4.30. The summed E-state index contributed by atoms with van der Waals surface area (Å²) in [6.45, 7) is 6.55. The van der Waals surface area contributed by atoms with Crippen LogP contribution in [0.15, 0.2) is 58.9 Å². The van der Waals surface area contributed by atoms with Gasteiger partial charge in [0.05, 0.1) is 6.04 Å². The van der Waals surface area contributed by atoms with Crippen LogP contribution in [0.2, 0.25) is 0 Å². The number of carbonyl (C=O) groups excluding carboxylic acids is 1. The molecule has 0 aliphatic carbocycles. The van der Waals surface area contributed by atoms with Crippen LogP contribution in [0, 0.1) is 0 Å². The van der Waals surface area contributed by atoms with E-state index in [4.69, 9.17) is 4.74 Å². The smallest absolute Gasteiger partial charge is 0.411 e. The van der Waals surface area contributed by atoms with Crippen molar-refractivity contribution in [2.24, 2.45) is 0 Å². The third-order valence-corrected chi connectivity index (χ3v) is 6.12. The molecule has 0 unspecified atom stereocenters. The molecular formula is C19H20BrNO2S. The van der Waals surface area contributed by atoms with Gasteiger partial charge in [0.15, 0.2) is 5.60 Å². The minimum Gasteiger partial charge on any atom is -0.437 e. The third-order valence-electron chi connectivity index (χ3n) is 4.54. The summed E-state index contributed by atoms with van der Waals surface area (Å²) in [6.07, 6.45) is 2.99. The van der Waals surface area contributed by atoms with E-state index in [9.17, 15) is 4.79 Å². The summed E-state index contributed by atoms with van der Waals surface area (Å²) < 4.78 is 6.98. The largest absolute Gasteiger partial charge is 0.437 e. The molecule has 1 saturated heterocycles. The van der Waals surface area contributed by atoms with Gasteiger partial charge in [-0.05, 0) is 36.1 Å². The summed E-state index contributed by atoms with van der Waals surface area (Å²) in [5, 5.41) is 2.02. The molecule has 1 fully saturated rings. The van der Waals surface area contributed by atoms with Crippen molar-refractivity contribution < 1.29 is 9.53 Å². The minimum atomic E-state index is -0.567. The highest BCUT2D eigenvalue weighted by atomic mass is 79.9. The second-order valence-corrected chi connectivity index (χ2v) is 7.87. The van der Waals surface area contributed by atoms with E-state index in [1.165, 1.54) is 0 Å². The molecule has 0 spiro atoms. The summed E-state index contributed by atoms with van der Waals surface area (Å²) in [5.41, 5.74) is 0.533. The van der Waals surface area contributed by atoms with Gasteiger partial charge in [-0.2, -0.15) is 0 Å². The maximum Gasteiger partial charge on any atom is 0.411 e. The van der Waals surface area contributed by atoms with Crippen molar-refractivity contribution in [2.75, 3.05) is 6.54 Å². The van der Waals surface area contributed by atoms with Gasteiger partial charge in [-0.3, -0.25) is 0 Å². The average Bonchev–Trinajstić information content (AvgIpc) is 3.10. The summed E-state index contributed by atoms with van der Waals surface area (Å²) in [6, 6.07) is 12.1. The van der Waals surface area contributed by atoms with Crippen LogP contribution < -0.4 is 0 Å². The Bertz CT molecular complexity index is 713. The van der Waals surface area contributed by atoms with Crippen LogP contribution in [-0.4, -0.2) is 17.5 Å². The topological polar surface area (TPSA) is 29.5 Å². The van der Waals surface area contributed by atoms with Gasteiger partial charge in [0, 0.05) is 28.7 Å². The van der Waals surface area contributed by atoms with Crippen molar-refractivity contribution in [3.63, 3.8) is 0 Å². The molecule has 1 amide bonds. The number of cyclic esters (lactones) is 1. The first-order valence-corrected chi connectivity index (χ1v) is 9.63. The SMILES string of the molecule is C=CC[C@]1(c2cccs2)CCN([C@@H](C)c2ccc(Br)cc2)C(=O)O1. The van der Waals surface area contributed by atoms with Gasteiger partial charge in [0.2, 0.25) is 0 Å². The van der Waals surface area contributed by atoms with Crippen LogP contribution in [0.4, 0.5) is 4.79 Å². The second-order valence-electron chi connectivity index (χ2n) is 6.00. The van der Waals surface area contributed by atoms with E-state index in [-0.39, 0.29) is 12.1 Å². The van der Waals surface area contributed by atoms with Gasteiger partial charge in [0.1, 0.15) is 0 Å². The Kier molecular flexibility index (Phi) is 5.11. The quantitative estimate of drug-likeness (QED) is 0.580. The van der Waals surface area contributed by atoms with Crippen LogP contribution in [0.1, 0.15) is 36.2 Å². The maximum absolute atomic E-state index is 12.7. The van der Waals surface area contributed by atoms with Gasteiger partial charge in [-0.25, -0.2) is 4.79 Å². The molecule has 0 bridgehead atoms. The predicted octanol–water partition coefficient (Wildman–Crippen LogP) is 5.89. The van der Waals surface area contributed by atoms with E-state index in [1.54, 1.807) is 16.2 Å². The molecular weight excluding hydrogens is 386 g/mol. The Morgan fingerprint density at radius 1 is 1.42 bits per heavy atom. The van der Waals surface area contributed by atoms with Gasteiger partial charge in [0.25, 0.3) is 0 Å². The van der Waals surface area contributed by atoms with Crippen LogP contribution in [0.25, 0.3) is 0 Å². The van der Waals surface area contributed by atoms with Crippen molar-refractivity contribution >= 4 is 33.4 Å². The molecule has 0 radical (unpaired) electrons. The molecule has 2 aromatic rings. The lowest BCUT2D eigenvalue weighted by Crippen LogP contribution is -2.48. The van der Waals surface area contributed by atoms with Gasteiger partial charge >= 0.3 is 6.09 Å². The summed E-state index contributed by atoms with van der Waals surface area (Å²) in [5.74, 6) is 0. The molecule has 0 N–H and O–H groups in total. The molecule has 24 heavy (non-hydrogen) atoms. The highest BCUT2D eigenvalue weighted by Gasteiger charge is 2.43. The third kappa shape index (κ3) is 3.28. The number of hydrogen-bond donors (Lipinski definition) is 0. The zero-order valence-corrected chi connectivity index (χ0v) is 16.0. The van der Waals surface area contributed by atoms with Crippen molar-refractivity contribution in [3.8, 4) is 0 Å². The summed E-state index contributed by atoms with van der Waals surface area (Å²) >= 11 is 5.07. The summed E-state index contributed by atoms with van der Waals surface area (Å²) in [4.78, 5) is 15.6. The molecule has 1 aliphatic heterocycles. The first-order valence-electron chi connectivity index (χ1n) is 7.96. The highest BCUT2D eigenvalue weighted by molar-refractivity contribution is 9.10. The Morgan fingerprint density at radius 2 is 2.17 bits per heavy atom. The second kappa shape index (κ2) is 7.11. The summed E-state index contributed by atoms with van der Waals surface area (Å²) in [7, 11) is 0. The van der Waals surface area contributed by atoms with Crippen molar-refractivity contribution in [3.05, 3.63) is 69.3 Å². The molecule has 1 aliphatic rings. The number of ether oxygens (including phenoxy) is 1. The van der Waals surface area contributed by atoms with Crippen molar-refractivity contribution in [1.82, 2.24) is 4.90 Å². The lowest BCUT2D eigenvalue weighted by molar-refractivity contribution is -0.0567. The Hall–Kier alpha value is -1.59. The monoisotopic (exact) mass is 405 g/mol. The number of rotatable bonds is 5. The zero-order chi connectivity index (χ0) is 17.2. The Balaban J connectivity index is 1.80. The lowest BCUT2D eigenvalue weighted by atomic mass is 9.91. The van der Waals surface area contributed by atoms with E-state index < -0.39 is 5.60 Å². The normalized spacial score (nSPS) is 22.1. The first kappa shape index (κ1) is 17.2. The maximum atomic E-state index is 12.7. The van der Waals surface area contributed by atoms with E-state index in [2.05, 4.69) is 22.5 Å². The fraction of sp³-hybridized carbons (Fsp3) is 0.316. The standard InChI is InChI=1S/C19H20BrNO2S/c1-3-10-19(17-5-4-13-24-17)11-12-21(18(22)23-19)14(2)15-6-8-16(20)9-7-15/h3-9,13-14H,1,10-12H2,2H3/t14-,19+/m0/s1. The molecule has 0 saturated carbocycles. The number of benzene rings is 1. The number of carbonyl (C=O) groups is 1. The molecule has 1 aromatic carbocycles. The molecule has 1 aromatic heterocycles. The molecule has 2 heterocycles.